The van der Waals surface area contributed by atoms with Gasteiger partial charge in [-0.3, -0.25) is 9.59 Å². The van der Waals surface area contributed by atoms with Gasteiger partial charge in [-0.05, 0) is 54.1 Å². The summed E-state index contributed by atoms with van der Waals surface area (Å²) in [4.78, 5) is 25.4. The van der Waals surface area contributed by atoms with E-state index in [1.165, 1.54) is 11.3 Å². The van der Waals surface area contributed by atoms with Gasteiger partial charge in [0, 0.05) is 15.5 Å². The number of amides is 2. The van der Waals surface area contributed by atoms with Crippen molar-refractivity contribution in [2.75, 3.05) is 12.4 Å². The lowest BCUT2D eigenvalue weighted by Crippen LogP contribution is -2.21. The normalized spacial score (nSPS) is 10.3. The molecule has 0 aliphatic rings. The van der Waals surface area contributed by atoms with Crippen molar-refractivity contribution >= 4 is 50.7 Å². The Labute approximate surface area is 141 Å². The Morgan fingerprint density at radius 2 is 1.81 bits per heavy atom. The number of hydrogen-bond donors (Lipinski definition) is 2. The number of rotatable bonds is 3. The number of hydrogen-bond acceptors (Lipinski definition) is 3. The average Bonchev–Trinajstić information content (AvgIpc) is 2.73. The molecule has 0 aliphatic carbocycles. The van der Waals surface area contributed by atoms with Crippen LogP contribution in [-0.2, 0) is 0 Å². The molecule has 2 aromatic rings. The van der Waals surface area contributed by atoms with Crippen LogP contribution in [0.1, 0.15) is 31.2 Å². The molecule has 0 saturated carbocycles. The molecule has 4 nitrogen and oxygen atoms in total. The maximum atomic E-state index is 12.4. The van der Waals surface area contributed by atoms with Crippen molar-refractivity contribution in [1.82, 2.24) is 5.32 Å². The van der Waals surface area contributed by atoms with Crippen molar-refractivity contribution < 1.29 is 9.59 Å². The number of nitrogens with one attached hydrogen (secondary N) is 2. The molecule has 1 heterocycles. The van der Waals surface area contributed by atoms with Gasteiger partial charge in [-0.25, -0.2) is 0 Å². The summed E-state index contributed by atoms with van der Waals surface area (Å²) in [5.74, 6) is -0.388. The van der Waals surface area contributed by atoms with E-state index in [2.05, 4.69) is 33.2 Å². The van der Waals surface area contributed by atoms with Crippen LogP contribution < -0.4 is 10.6 Å². The van der Waals surface area contributed by atoms with Gasteiger partial charge in [-0.2, -0.15) is 0 Å². The van der Waals surface area contributed by atoms with Crippen LogP contribution in [0, 0.1) is 17.4 Å². The van der Waals surface area contributed by atoms with Gasteiger partial charge in [-0.1, -0.05) is 12.1 Å². The quantitative estimate of drug-likeness (QED) is 0.755. The van der Waals surface area contributed by atoms with Crippen LogP contribution in [0.3, 0.4) is 0 Å². The Morgan fingerprint density at radius 1 is 1.14 bits per heavy atom. The number of aryl methyl sites for hydroxylation is 1. The summed E-state index contributed by atoms with van der Waals surface area (Å²) in [6, 6.07) is 7.35. The lowest BCUT2D eigenvalue weighted by atomic mass is 10.1. The van der Waals surface area contributed by atoms with Gasteiger partial charge in [0.2, 0.25) is 0 Å². The molecule has 0 spiro atoms. The van der Waals surface area contributed by atoms with Crippen molar-refractivity contribution in [2.24, 2.45) is 0 Å². The highest BCUT2D eigenvalue weighted by atomic mass is 127. The largest absolute Gasteiger partial charge is 0.355 e. The van der Waals surface area contributed by atoms with Gasteiger partial charge < -0.3 is 10.6 Å². The third-order valence-electron chi connectivity index (χ3n) is 3.18. The summed E-state index contributed by atoms with van der Waals surface area (Å²) < 4.78 is 0.874. The predicted molar refractivity (Wildman–Crippen MR) is 94.3 cm³/mol. The average molecular weight is 414 g/mol. The van der Waals surface area contributed by atoms with Crippen molar-refractivity contribution in [3.8, 4) is 0 Å². The monoisotopic (exact) mass is 414 g/mol. The minimum absolute atomic E-state index is 0.185. The zero-order valence-electron chi connectivity index (χ0n) is 11.9. The van der Waals surface area contributed by atoms with E-state index in [4.69, 9.17) is 0 Å². The first-order chi connectivity index (χ1) is 9.95. The molecule has 0 unspecified atom stereocenters. The van der Waals surface area contributed by atoms with E-state index in [9.17, 15) is 9.59 Å². The van der Waals surface area contributed by atoms with Crippen molar-refractivity contribution in [3.63, 3.8) is 0 Å². The highest BCUT2D eigenvalue weighted by Gasteiger charge is 2.21. The van der Waals surface area contributed by atoms with Crippen molar-refractivity contribution in [1.29, 1.82) is 0 Å². The first-order valence-electron chi connectivity index (χ1n) is 6.33. The maximum Gasteiger partial charge on any atom is 0.257 e. The van der Waals surface area contributed by atoms with E-state index in [-0.39, 0.29) is 11.8 Å². The minimum atomic E-state index is -0.202. The zero-order valence-corrected chi connectivity index (χ0v) is 14.9. The van der Waals surface area contributed by atoms with Crippen LogP contribution in [-0.4, -0.2) is 18.9 Å². The van der Waals surface area contributed by atoms with E-state index >= 15 is 0 Å². The molecular formula is C15H15IN2O2S. The van der Waals surface area contributed by atoms with Gasteiger partial charge in [0.15, 0.2) is 0 Å². The number of halogens is 1. The van der Waals surface area contributed by atoms with E-state index in [1.54, 1.807) is 13.1 Å². The summed E-state index contributed by atoms with van der Waals surface area (Å²) in [6.45, 7) is 3.83. The summed E-state index contributed by atoms with van der Waals surface area (Å²) in [5.41, 5.74) is 2.04. The van der Waals surface area contributed by atoms with Crippen LogP contribution in [0.4, 0.5) is 5.00 Å². The number of benzene rings is 1. The predicted octanol–water partition coefficient (Wildman–Crippen LogP) is 3.58. The van der Waals surface area contributed by atoms with Gasteiger partial charge in [0.05, 0.1) is 11.1 Å². The summed E-state index contributed by atoms with van der Waals surface area (Å²) in [6.07, 6.45) is 0. The molecule has 0 fully saturated rings. The minimum Gasteiger partial charge on any atom is -0.355 e. The second kappa shape index (κ2) is 6.57. The Hall–Kier alpha value is -1.41. The molecule has 2 rings (SSSR count). The summed E-state index contributed by atoms with van der Waals surface area (Å²) in [7, 11) is 1.58. The standard InChI is InChI=1S/C15H15IN2O2S/c1-8-9(2)21-15(12(8)14(20)17-3)18-13(19)10-6-4-5-7-11(10)16/h4-7H,1-3H3,(H,17,20)(H,18,19). The first kappa shape index (κ1) is 16.0. The van der Waals surface area contributed by atoms with Crippen molar-refractivity contribution in [3.05, 3.63) is 49.4 Å². The fraction of sp³-hybridized carbons (Fsp3) is 0.200. The van der Waals surface area contributed by atoms with E-state index in [0.717, 1.165) is 14.0 Å². The summed E-state index contributed by atoms with van der Waals surface area (Å²) >= 11 is 3.54. The number of thiophene rings is 1. The molecule has 2 N–H and O–H groups in total. The third-order valence-corrected chi connectivity index (χ3v) is 5.25. The molecule has 1 aromatic carbocycles. The first-order valence-corrected chi connectivity index (χ1v) is 8.23. The smallest absolute Gasteiger partial charge is 0.257 e. The Morgan fingerprint density at radius 3 is 2.43 bits per heavy atom. The fourth-order valence-corrected chi connectivity index (χ4v) is 3.61. The van der Waals surface area contributed by atoms with Gasteiger partial charge >= 0.3 is 0 Å². The van der Waals surface area contributed by atoms with Gasteiger partial charge in [-0.15, -0.1) is 11.3 Å². The highest BCUT2D eigenvalue weighted by molar-refractivity contribution is 14.1. The number of anilines is 1. The zero-order chi connectivity index (χ0) is 15.6. The Kier molecular flexibility index (Phi) is 5.00. The molecule has 2 amide bonds. The topological polar surface area (TPSA) is 58.2 Å². The van der Waals surface area contributed by atoms with Crippen LogP contribution >= 0.6 is 33.9 Å². The molecule has 0 saturated heterocycles. The molecule has 0 aliphatic heterocycles. The third kappa shape index (κ3) is 3.26. The lowest BCUT2D eigenvalue weighted by Gasteiger charge is -2.07. The summed E-state index contributed by atoms with van der Waals surface area (Å²) in [5, 5.41) is 6.07. The van der Waals surface area contributed by atoms with Gasteiger partial charge in [0.1, 0.15) is 5.00 Å². The van der Waals surface area contributed by atoms with Gasteiger partial charge in [0.25, 0.3) is 11.8 Å². The van der Waals surface area contributed by atoms with E-state index in [1.807, 2.05) is 32.0 Å². The Bertz CT molecular complexity index is 710. The van der Waals surface area contributed by atoms with Crippen LogP contribution in [0.15, 0.2) is 24.3 Å². The van der Waals surface area contributed by atoms with Crippen LogP contribution in [0.5, 0.6) is 0 Å². The molecule has 110 valence electrons. The second-order valence-corrected chi connectivity index (χ2v) is 6.89. The number of carbonyl (C=O) groups is 2. The Balaban J connectivity index is 2.36. The van der Waals surface area contributed by atoms with Crippen molar-refractivity contribution in [2.45, 2.75) is 13.8 Å². The SMILES string of the molecule is CNC(=O)c1c(NC(=O)c2ccccc2I)sc(C)c1C. The molecule has 6 heteroatoms. The fourth-order valence-electron chi connectivity index (χ4n) is 1.93. The maximum absolute atomic E-state index is 12.4. The molecule has 0 bridgehead atoms. The molecule has 21 heavy (non-hydrogen) atoms. The number of carbonyl (C=O) groups excluding carboxylic acids is 2. The van der Waals surface area contributed by atoms with E-state index < -0.39 is 0 Å². The highest BCUT2D eigenvalue weighted by Crippen LogP contribution is 2.32. The molecule has 0 atom stereocenters. The van der Waals surface area contributed by atoms with Crippen LogP contribution in [0.2, 0.25) is 0 Å². The lowest BCUT2D eigenvalue weighted by molar-refractivity contribution is 0.0963. The second-order valence-electron chi connectivity index (χ2n) is 4.50. The molecule has 0 radical (unpaired) electrons. The van der Waals surface area contributed by atoms with E-state index in [0.29, 0.717) is 16.1 Å². The van der Waals surface area contributed by atoms with Crippen LogP contribution in [0.25, 0.3) is 0 Å². The molecule has 1 aromatic heterocycles. The molecular weight excluding hydrogens is 399 g/mol.